The molecule has 3 rings (SSSR count). The standard InChI is InChI=1S/C17H19NO4S/c1-13-4-2-3-5-16(13)23(20)12-14-6-7-15(22-14)17(19)18-8-10-21-11-9-18/h2-7H,8-12H2,1H3/t23-/m1/s1. The average Bonchev–Trinajstić information content (AvgIpc) is 3.03. The van der Waals surface area contributed by atoms with Gasteiger partial charge in [0.05, 0.1) is 29.8 Å². The maximum absolute atomic E-state index is 12.5. The van der Waals surface area contributed by atoms with E-state index in [9.17, 15) is 9.00 Å². The van der Waals surface area contributed by atoms with Gasteiger partial charge in [0, 0.05) is 18.0 Å². The summed E-state index contributed by atoms with van der Waals surface area (Å²) in [6.45, 7) is 4.18. The van der Waals surface area contributed by atoms with Crippen LogP contribution in [-0.2, 0) is 21.3 Å². The zero-order valence-electron chi connectivity index (χ0n) is 13.0. The van der Waals surface area contributed by atoms with E-state index in [1.165, 1.54) is 0 Å². The van der Waals surface area contributed by atoms with Crippen molar-refractivity contribution in [2.75, 3.05) is 26.3 Å². The highest BCUT2D eigenvalue weighted by Gasteiger charge is 2.22. The van der Waals surface area contributed by atoms with Crippen molar-refractivity contribution in [2.24, 2.45) is 0 Å². The van der Waals surface area contributed by atoms with Crippen LogP contribution in [0.5, 0.6) is 0 Å². The minimum absolute atomic E-state index is 0.138. The molecular weight excluding hydrogens is 314 g/mol. The normalized spacial score (nSPS) is 16.3. The maximum atomic E-state index is 12.5. The van der Waals surface area contributed by atoms with Crippen LogP contribution in [0, 0.1) is 6.92 Å². The number of hydrogen-bond acceptors (Lipinski definition) is 4. The highest BCUT2D eigenvalue weighted by molar-refractivity contribution is 7.84. The Morgan fingerprint density at radius 2 is 1.91 bits per heavy atom. The molecule has 0 bridgehead atoms. The van der Waals surface area contributed by atoms with Crippen LogP contribution < -0.4 is 0 Å². The second-order valence-electron chi connectivity index (χ2n) is 5.43. The van der Waals surface area contributed by atoms with Crippen LogP contribution in [0.25, 0.3) is 0 Å². The predicted molar refractivity (Wildman–Crippen MR) is 86.7 cm³/mol. The van der Waals surface area contributed by atoms with E-state index >= 15 is 0 Å². The molecule has 1 fully saturated rings. The number of nitrogens with zero attached hydrogens (tertiary/aromatic N) is 1. The second kappa shape index (κ2) is 7.10. The molecule has 1 atom stereocenters. The molecule has 6 heteroatoms. The molecule has 23 heavy (non-hydrogen) atoms. The third-order valence-corrected chi connectivity index (χ3v) is 5.28. The Hall–Kier alpha value is -1.92. The summed E-state index contributed by atoms with van der Waals surface area (Å²) in [5, 5.41) is 0. The van der Waals surface area contributed by atoms with Crippen LogP contribution in [0.4, 0.5) is 0 Å². The van der Waals surface area contributed by atoms with Crippen molar-refractivity contribution in [1.82, 2.24) is 4.90 Å². The molecule has 1 aliphatic heterocycles. The first-order valence-electron chi connectivity index (χ1n) is 7.55. The van der Waals surface area contributed by atoms with E-state index in [0.717, 1.165) is 10.5 Å². The molecule has 1 saturated heterocycles. The molecule has 0 N–H and O–H groups in total. The van der Waals surface area contributed by atoms with E-state index in [1.54, 1.807) is 17.0 Å². The predicted octanol–water partition coefficient (Wildman–Crippen LogP) is 2.37. The van der Waals surface area contributed by atoms with Gasteiger partial charge in [0.1, 0.15) is 5.76 Å². The first-order valence-corrected chi connectivity index (χ1v) is 8.87. The molecule has 5 nitrogen and oxygen atoms in total. The largest absolute Gasteiger partial charge is 0.455 e. The number of furan rings is 1. The fourth-order valence-corrected chi connectivity index (χ4v) is 3.74. The van der Waals surface area contributed by atoms with Gasteiger partial charge in [0.2, 0.25) is 0 Å². The quantitative estimate of drug-likeness (QED) is 0.862. The second-order valence-corrected chi connectivity index (χ2v) is 6.85. The van der Waals surface area contributed by atoms with Gasteiger partial charge < -0.3 is 14.1 Å². The van der Waals surface area contributed by atoms with Crippen molar-refractivity contribution in [3.8, 4) is 0 Å². The van der Waals surface area contributed by atoms with Crippen LogP contribution in [0.3, 0.4) is 0 Å². The maximum Gasteiger partial charge on any atom is 0.289 e. The number of morpholine rings is 1. The van der Waals surface area contributed by atoms with Crippen molar-refractivity contribution in [3.05, 3.63) is 53.5 Å². The highest BCUT2D eigenvalue weighted by Crippen LogP contribution is 2.19. The lowest BCUT2D eigenvalue weighted by atomic mass is 10.2. The molecule has 0 radical (unpaired) electrons. The zero-order valence-corrected chi connectivity index (χ0v) is 13.8. The van der Waals surface area contributed by atoms with Crippen LogP contribution >= 0.6 is 0 Å². The first-order chi connectivity index (χ1) is 11.1. The smallest absolute Gasteiger partial charge is 0.289 e. The topological polar surface area (TPSA) is 59.8 Å². The van der Waals surface area contributed by atoms with Crippen molar-refractivity contribution in [3.63, 3.8) is 0 Å². The third-order valence-electron chi connectivity index (χ3n) is 3.78. The SMILES string of the molecule is Cc1ccccc1[S@](=O)Cc1ccc(C(=O)N2CCOCC2)o1. The van der Waals surface area contributed by atoms with Crippen LogP contribution in [-0.4, -0.2) is 41.3 Å². The van der Waals surface area contributed by atoms with Gasteiger partial charge in [-0.25, -0.2) is 0 Å². The number of benzene rings is 1. The van der Waals surface area contributed by atoms with Crippen molar-refractivity contribution in [1.29, 1.82) is 0 Å². The summed E-state index contributed by atoms with van der Waals surface area (Å²) < 4.78 is 23.3. The fourth-order valence-electron chi connectivity index (χ4n) is 2.51. The first kappa shape index (κ1) is 16.0. The molecule has 2 aromatic rings. The summed E-state index contributed by atoms with van der Waals surface area (Å²) in [6.07, 6.45) is 0. The number of hydrogen-bond donors (Lipinski definition) is 0. The Morgan fingerprint density at radius 3 is 2.65 bits per heavy atom. The summed E-state index contributed by atoms with van der Waals surface area (Å²) in [4.78, 5) is 14.8. The van der Waals surface area contributed by atoms with E-state index in [0.29, 0.717) is 37.8 Å². The Labute approximate surface area is 137 Å². The Bertz CT molecular complexity index is 719. The number of rotatable bonds is 4. The van der Waals surface area contributed by atoms with E-state index in [2.05, 4.69) is 0 Å². The summed E-state index contributed by atoms with van der Waals surface area (Å²) >= 11 is 0. The van der Waals surface area contributed by atoms with Crippen molar-refractivity contribution in [2.45, 2.75) is 17.6 Å². The molecule has 1 aliphatic rings. The lowest BCUT2D eigenvalue weighted by Crippen LogP contribution is -2.40. The minimum atomic E-state index is -1.19. The van der Waals surface area contributed by atoms with E-state index < -0.39 is 10.8 Å². The van der Waals surface area contributed by atoms with Gasteiger partial charge in [-0.3, -0.25) is 9.00 Å². The molecule has 0 saturated carbocycles. The van der Waals surface area contributed by atoms with Crippen molar-refractivity contribution < 1.29 is 18.2 Å². The molecule has 122 valence electrons. The van der Waals surface area contributed by atoms with E-state index in [-0.39, 0.29) is 11.7 Å². The zero-order chi connectivity index (χ0) is 16.2. The average molecular weight is 333 g/mol. The number of carbonyl (C=O) groups is 1. The monoisotopic (exact) mass is 333 g/mol. The number of aryl methyl sites for hydroxylation is 1. The number of amides is 1. The van der Waals surface area contributed by atoms with Crippen molar-refractivity contribution >= 4 is 16.7 Å². The van der Waals surface area contributed by atoms with Crippen LogP contribution in [0.15, 0.2) is 45.7 Å². The van der Waals surface area contributed by atoms with Gasteiger partial charge >= 0.3 is 0 Å². The fraction of sp³-hybridized carbons (Fsp3) is 0.353. The van der Waals surface area contributed by atoms with Gasteiger partial charge in [0.25, 0.3) is 5.91 Å². The van der Waals surface area contributed by atoms with Crippen LogP contribution in [0.2, 0.25) is 0 Å². The molecule has 0 aliphatic carbocycles. The Kier molecular flexibility index (Phi) is 4.93. The molecule has 1 aromatic heterocycles. The van der Waals surface area contributed by atoms with Crippen LogP contribution in [0.1, 0.15) is 21.9 Å². The summed E-state index contributed by atoms with van der Waals surface area (Å²) in [6, 6.07) is 11.0. The lowest BCUT2D eigenvalue weighted by molar-refractivity contribution is 0.0282. The molecule has 1 aromatic carbocycles. The minimum Gasteiger partial charge on any atom is -0.455 e. The number of ether oxygens (including phenoxy) is 1. The molecule has 0 spiro atoms. The van der Waals surface area contributed by atoms with E-state index in [1.807, 2.05) is 31.2 Å². The van der Waals surface area contributed by atoms with Gasteiger partial charge in [0.15, 0.2) is 5.76 Å². The lowest BCUT2D eigenvalue weighted by Gasteiger charge is -2.25. The van der Waals surface area contributed by atoms with Gasteiger partial charge in [-0.1, -0.05) is 18.2 Å². The Morgan fingerprint density at radius 1 is 1.17 bits per heavy atom. The van der Waals surface area contributed by atoms with Gasteiger partial charge in [-0.15, -0.1) is 0 Å². The Balaban J connectivity index is 1.68. The summed E-state index contributed by atoms with van der Waals surface area (Å²) in [7, 11) is -1.19. The highest BCUT2D eigenvalue weighted by atomic mass is 32.2. The third kappa shape index (κ3) is 3.71. The molecule has 0 unspecified atom stereocenters. The summed E-state index contributed by atoms with van der Waals surface area (Å²) in [5.74, 6) is 0.981. The van der Waals surface area contributed by atoms with Gasteiger partial charge in [-0.2, -0.15) is 0 Å². The molecule has 1 amide bonds. The summed E-state index contributed by atoms with van der Waals surface area (Å²) in [5.41, 5.74) is 0.988. The molecular formula is C17H19NO4S. The molecule has 2 heterocycles. The number of carbonyl (C=O) groups excluding carboxylic acids is 1. The van der Waals surface area contributed by atoms with E-state index in [4.69, 9.17) is 9.15 Å². The van der Waals surface area contributed by atoms with Gasteiger partial charge in [-0.05, 0) is 30.7 Å².